The van der Waals surface area contributed by atoms with Crippen molar-refractivity contribution in [1.29, 1.82) is 0 Å². The highest BCUT2D eigenvalue weighted by Crippen LogP contribution is 2.61. The molecule has 0 spiro atoms. The van der Waals surface area contributed by atoms with Crippen LogP contribution in [0.1, 0.15) is 51.6 Å². The van der Waals surface area contributed by atoms with Gasteiger partial charge in [-0.25, -0.2) is 4.68 Å². The Morgan fingerprint density at radius 1 is 1.25 bits per heavy atom. The van der Waals surface area contributed by atoms with E-state index in [4.69, 9.17) is 21.1 Å². The van der Waals surface area contributed by atoms with Crippen LogP contribution in [0.3, 0.4) is 0 Å². The third-order valence-electron chi connectivity index (χ3n) is 8.54. The molecule has 5 atom stereocenters. The zero-order valence-corrected chi connectivity index (χ0v) is 21.7. The highest BCUT2D eigenvalue weighted by atomic mass is 35.5. The third-order valence-corrected chi connectivity index (χ3v) is 8.90. The second kappa shape index (κ2) is 10.1. The summed E-state index contributed by atoms with van der Waals surface area (Å²) < 4.78 is 12.2. The lowest BCUT2D eigenvalue weighted by Gasteiger charge is -2.62. The van der Waals surface area contributed by atoms with E-state index >= 15 is 0 Å². The number of aromatic nitrogens is 3. The molecule has 0 radical (unpaired) electrons. The van der Waals surface area contributed by atoms with Crippen LogP contribution in [0, 0.1) is 23.2 Å². The molecule has 194 valence electrons. The molecule has 2 N–H and O–H groups in total. The SMILES string of the molecule is C[C@H]1[C@H](Nc2cnn(CC(=O)NC(CC3OCCO3)c3ccncc3)c(=O)c2Cl)C[C@H]2C[C@@H]1C2(C)C. The molecule has 1 aliphatic heterocycles. The Morgan fingerprint density at radius 2 is 1.97 bits per heavy atom. The van der Waals surface area contributed by atoms with E-state index < -0.39 is 11.8 Å². The van der Waals surface area contributed by atoms with Crippen molar-refractivity contribution in [3.8, 4) is 0 Å². The lowest BCUT2D eigenvalue weighted by molar-refractivity contribution is -0.123. The maximum atomic E-state index is 13.0. The first kappa shape index (κ1) is 25.2. The fourth-order valence-corrected chi connectivity index (χ4v) is 6.41. The van der Waals surface area contributed by atoms with Gasteiger partial charge in [0.15, 0.2) is 6.29 Å². The van der Waals surface area contributed by atoms with Crippen LogP contribution in [-0.4, -0.2) is 46.2 Å². The predicted molar refractivity (Wildman–Crippen MR) is 136 cm³/mol. The van der Waals surface area contributed by atoms with Gasteiger partial charge in [-0.2, -0.15) is 5.10 Å². The highest BCUT2D eigenvalue weighted by molar-refractivity contribution is 6.32. The number of carbonyl (C=O) groups excluding carboxylic acids is 1. The second-order valence-electron chi connectivity index (χ2n) is 10.8. The van der Waals surface area contributed by atoms with Crippen molar-refractivity contribution in [3.05, 3.63) is 51.7 Å². The zero-order chi connectivity index (χ0) is 25.4. The van der Waals surface area contributed by atoms with Gasteiger partial charge in [0.2, 0.25) is 5.91 Å². The number of rotatable bonds is 8. The van der Waals surface area contributed by atoms with E-state index in [-0.39, 0.29) is 29.6 Å². The Labute approximate surface area is 215 Å². The van der Waals surface area contributed by atoms with Crippen LogP contribution in [-0.2, 0) is 20.8 Å². The number of nitrogens with one attached hydrogen (secondary N) is 2. The standard InChI is InChI=1S/C26H34ClN5O4/c1-15-18-10-17(26(18,2)3)11-19(15)30-21-13-29-32(25(34)24(21)27)14-22(33)31-20(12-23-35-8-9-36-23)16-4-6-28-7-5-16/h4-7,13,15,17-20,23,30H,8-12,14H2,1-3H3,(H,31,33)/t15-,17-,18+,19-,20?/m1/s1. The summed E-state index contributed by atoms with van der Waals surface area (Å²) >= 11 is 6.46. The largest absolute Gasteiger partial charge is 0.379 e. The van der Waals surface area contributed by atoms with Gasteiger partial charge in [0, 0.05) is 24.9 Å². The minimum Gasteiger partial charge on any atom is -0.379 e. The van der Waals surface area contributed by atoms with Crippen molar-refractivity contribution in [1.82, 2.24) is 20.1 Å². The number of hydrogen-bond donors (Lipinski definition) is 2. The second-order valence-corrected chi connectivity index (χ2v) is 11.2. The molecule has 2 aromatic rings. The summed E-state index contributed by atoms with van der Waals surface area (Å²) in [6, 6.07) is 3.55. The first-order valence-electron chi connectivity index (χ1n) is 12.7. The van der Waals surface area contributed by atoms with E-state index in [1.807, 2.05) is 12.1 Å². The number of nitrogens with zero attached hydrogens (tertiary/aromatic N) is 3. The Hall–Kier alpha value is -2.49. The molecule has 1 unspecified atom stereocenters. The fourth-order valence-electron chi connectivity index (χ4n) is 6.20. The minimum absolute atomic E-state index is 0.0574. The summed E-state index contributed by atoms with van der Waals surface area (Å²) in [6.45, 7) is 7.79. The number of carbonyl (C=O) groups is 1. The van der Waals surface area contributed by atoms with E-state index in [0.29, 0.717) is 48.5 Å². The molecule has 1 saturated heterocycles. The normalized spacial score (nSPS) is 27.8. The molecule has 6 rings (SSSR count). The van der Waals surface area contributed by atoms with Gasteiger partial charge in [0.25, 0.3) is 5.56 Å². The van der Waals surface area contributed by atoms with Crippen molar-refractivity contribution in [2.24, 2.45) is 23.2 Å². The topological polar surface area (TPSA) is 107 Å². The van der Waals surface area contributed by atoms with Crippen LogP contribution in [0.2, 0.25) is 5.02 Å². The van der Waals surface area contributed by atoms with Crippen LogP contribution in [0.4, 0.5) is 5.69 Å². The van der Waals surface area contributed by atoms with E-state index in [1.165, 1.54) is 6.42 Å². The lowest BCUT2D eigenvalue weighted by Crippen LogP contribution is -2.58. The highest BCUT2D eigenvalue weighted by Gasteiger charge is 2.56. The van der Waals surface area contributed by atoms with Gasteiger partial charge in [-0.15, -0.1) is 0 Å². The molecule has 3 heterocycles. The van der Waals surface area contributed by atoms with Crippen LogP contribution in [0.15, 0.2) is 35.5 Å². The van der Waals surface area contributed by atoms with E-state index in [9.17, 15) is 9.59 Å². The summed E-state index contributed by atoms with van der Waals surface area (Å²) in [7, 11) is 0. The molecule has 3 aliphatic carbocycles. The summed E-state index contributed by atoms with van der Waals surface area (Å²) in [6.07, 6.45) is 7.25. The fraction of sp³-hybridized carbons (Fsp3) is 0.615. The molecule has 3 saturated carbocycles. The lowest BCUT2D eigenvalue weighted by atomic mass is 9.45. The maximum Gasteiger partial charge on any atom is 0.288 e. The molecule has 36 heavy (non-hydrogen) atoms. The number of amides is 1. The number of halogens is 1. The van der Waals surface area contributed by atoms with Crippen molar-refractivity contribution < 1.29 is 14.3 Å². The monoisotopic (exact) mass is 515 g/mol. The summed E-state index contributed by atoms with van der Waals surface area (Å²) in [4.78, 5) is 29.9. The summed E-state index contributed by atoms with van der Waals surface area (Å²) in [5.41, 5.74) is 1.28. The van der Waals surface area contributed by atoms with Crippen LogP contribution >= 0.6 is 11.6 Å². The number of ether oxygens (including phenoxy) is 2. The van der Waals surface area contributed by atoms with Crippen LogP contribution in [0.5, 0.6) is 0 Å². The van der Waals surface area contributed by atoms with Crippen molar-refractivity contribution >= 4 is 23.2 Å². The van der Waals surface area contributed by atoms with Crippen LogP contribution in [0.25, 0.3) is 0 Å². The Balaban J connectivity index is 1.25. The summed E-state index contributed by atoms with van der Waals surface area (Å²) in [5, 5.41) is 10.8. The molecular formula is C26H34ClN5O4. The molecule has 2 aromatic heterocycles. The zero-order valence-electron chi connectivity index (χ0n) is 20.9. The number of hydrogen-bond acceptors (Lipinski definition) is 7. The number of anilines is 1. The maximum absolute atomic E-state index is 13.0. The predicted octanol–water partition coefficient (Wildman–Crippen LogP) is 3.39. The minimum atomic E-state index is -0.492. The molecule has 9 nitrogen and oxygen atoms in total. The van der Waals surface area contributed by atoms with E-state index in [1.54, 1.807) is 18.6 Å². The molecule has 4 aliphatic rings. The van der Waals surface area contributed by atoms with E-state index in [0.717, 1.165) is 16.7 Å². The number of pyridine rings is 1. The quantitative estimate of drug-likeness (QED) is 0.554. The molecule has 0 aromatic carbocycles. The van der Waals surface area contributed by atoms with Crippen LogP contribution < -0.4 is 16.2 Å². The van der Waals surface area contributed by atoms with Crippen molar-refractivity contribution in [2.75, 3.05) is 18.5 Å². The average molecular weight is 516 g/mol. The first-order valence-corrected chi connectivity index (χ1v) is 13.1. The van der Waals surface area contributed by atoms with E-state index in [2.05, 4.69) is 41.5 Å². The Morgan fingerprint density at radius 3 is 2.64 bits per heavy atom. The molecule has 1 amide bonds. The molecular weight excluding hydrogens is 482 g/mol. The average Bonchev–Trinajstić information content (AvgIpc) is 3.38. The van der Waals surface area contributed by atoms with Crippen molar-refractivity contribution in [2.45, 2.75) is 65.0 Å². The number of fused-ring (bicyclic) bond motifs is 2. The van der Waals surface area contributed by atoms with Gasteiger partial charge in [-0.05, 0) is 53.7 Å². The van der Waals surface area contributed by atoms with Gasteiger partial charge in [0.1, 0.15) is 11.6 Å². The van der Waals surface area contributed by atoms with Gasteiger partial charge in [-0.1, -0.05) is 32.4 Å². The molecule has 4 fully saturated rings. The van der Waals surface area contributed by atoms with Gasteiger partial charge in [0.05, 0.1) is 31.1 Å². The van der Waals surface area contributed by atoms with Gasteiger partial charge >= 0.3 is 0 Å². The molecule has 10 heteroatoms. The Bertz CT molecular complexity index is 1150. The summed E-state index contributed by atoms with van der Waals surface area (Å²) in [5.74, 6) is 1.47. The Kier molecular flexibility index (Phi) is 7.07. The van der Waals surface area contributed by atoms with Crippen molar-refractivity contribution in [3.63, 3.8) is 0 Å². The molecule has 2 bridgehead atoms. The smallest absolute Gasteiger partial charge is 0.288 e. The third kappa shape index (κ3) is 4.88. The van der Waals surface area contributed by atoms with Gasteiger partial charge < -0.3 is 20.1 Å². The van der Waals surface area contributed by atoms with Gasteiger partial charge in [-0.3, -0.25) is 14.6 Å². The first-order chi connectivity index (χ1) is 17.2.